The highest BCUT2D eigenvalue weighted by atomic mass is 127. The third-order valence-corrected chi connectivity index (χ3v) is 3.33. The van der Waals surface area contributed by atoms with Crippen molar-refractivity contribution in [3.63, 3.8) is 0 Å². The predicted molar refractivity (Wildman–Crippen MR) is 53.8 cm³/mol. The zero-order valence-electron chi connectivity index (χ0n) is 7.01. The molecule has 0 aromatic carbocycles. The van der Waals surface area contributed by atoms with Crippen LogP contribution in [0.1, 0.15) is 20.3 Å². The first-order valence-corrected chi connectivity index (χ1v) is 5.53. The standard InChI is InChI=1S/C8H14INO/c1-6(2)10-5-7(4-9)3-8(10)11/h6-7H,3-5H2,1-2H3. The maximum atomic E-state index is 11.3. The van der Waals surface area contributed by atoms with Crippen LogP contribution in [-0.4, -0.2) is 27.8 Å². The Balaban J connectivity index is 2.52. The number of nitrogens with zero attached hydrogens (tertiary/aromatic N) is 1. The van der Waals surface area contributed by atoms with Crippen LogP contribution in [-0.2, 0) is 4.79 Å². The van der Waals surface area contributed by atoms with Gasteiger partial charge in [0.1, 0.15) is 0 Å². The Morgan fingerprint density at radius 3 is 2.64 bits per heavy atom. The number of carbonyl (C=O) groups excluding carboxylic acids is 1. The van der Waals surface area contributed by atoms with E-state index in [1.165, 1.54) is 0 Å². The second kappa shape index (κ2) is 3.74. The molecule has 0 aliphatic carbocycles. The zero-order chi connectivity index (χ0) is 8.43. The summed E-state index contributed by atoms with van der Waals surface area (Å²) in [6.07, 6.45) is 0.765. The lowest BCUT2D eigenvalue weighted by atomic mass is 10.2. The molecule has 1 aliphatic heterocycles. The van der Waals surface area contributed by atoms with E-state index in [9.17, 15) is 4.79 Å². The molecule has 0 N–H and O–H groups in total. The van der Waals surface area contributed by atoms with E-state index in [0.717, 1.165) is 17.4 Å². The lowest BCUT2D eigenvalue weighted by molar-refractivity contribution is -0.129. The highest BCUT2D eigenvalue weighted by Crippen LogP contribution is 2.21. The lowest BCUT2D eigenvalue weighted by Gasteiger charge is -2.20. The number of alkyl halides is 1. The van der Waals surface area contributed by atoms with Gasteiger partial charge >= 0.3 is 0 Å². The van der Waals surface area contributed by atoms with Gasteiger partial charge in [0, 0.05) is 23.4 Å². The van der Waals surface area contributed by atoms with Gasteiger partial charge in [0.15, 0.2) is 0 Å². The molecule has 1 amide bonds. The molecule has 2 nitrogen and oxygen atoms in total. The van der Waals surface area contributed by atoms with Gasteiger partial charge in [-0.3, -0.25) is 4.79 Å². The number of hydrogen-bond acceptors (Lipinski definition) is 1. The molecule has 0 aromatic rings. The van der Waals surface area contributed by atoms with Crippen LogP contribution >= 0.6 is 22.6 Å². The number of likely N-dealkylation sites (tertiary alicyclic amines) is 1. The summed E-state index contributed by atoms with van der Waals surface area (Å²) < 4.78 is 1.10. The van der Waals surface area contributed by atoms with Crippen molar-refractivity contribution in [3.05, 3.63) is 0 Å². The van der Waals surface area contributed by atoms with Gasteiger partial charge in [0.05, 0.1) is 0 Å². The van der Waals surface area contributed by atoms with Gasteiger partial charge in [0.2, 0.25) is 5.91 Å². The van der Waals surface area contributed by atoms with Crippen LogP contribution in [0, 0.1) is 5.92 Å². The maximum Gasteiger partial charge on any atom is 0.223 e. The summed E-state index contributed by atoms with van der Waals surface area (Å²) in [5.74, 6) is 0.937. The third kappa shape index (κ3) is 2.07. The van der Waals surface area contributed by atoms with E-state index >= 15 is 0 Å². The van der Waals surface area contributed by atoms with Crippen LogP contribution in [0.25, 0.3) is 0 Å². The summed E-state index contributed by atoms with van der Waals surface area (Å²) in [4.78, 5) is 13.3. The van der Waals surface area contributed by atoms with Crippen LogP contribution in [0.2, 0.25) is 0 Å². The van der Waals surface area contributed by atoms with Gasteiger partial charge < -0.3 is 4.90 Å². The van der Waals surface area contributed by atoms with Crippen molar-refractivity contribution in [1.29, 1.82) is 0 Å². The quantitative estimate of drug-likeness (QED) is 0.550. The first-order chi connectivity index (χ1) is 5.15. The molecule has 0 saturated carbocycles. The summed E-state index contributed by atoms with van der Waals surface area (Å²) in [6.45, 7) is 5.13. The Bertz CT molecular complexity index is 158. The van der Waals surface area contributed by atoms with Crippen molar-refractivity contribution in [2.24, 2.45) is 5.92 Å². The Hall–Kier alpha value is 0.200. The molecule has 11 heavy (non-hydrogen) atoms. The van der Waals surface area contributed by atoms with E-state index in [0.29, 0.717) is 17.9 Å². The van der Waals surface area contributed by atoms with Gasteiger partial charge in [-0.05, 0) is 19.8 Å². The number of carbonyl (C=O) groups is 1. The van der Waals surface area contributed by atoms with Crippen LogP contribution in [0.3, 0.4) is 0 Å². The van der Waals surface area contributed by atoms with E-state index in [-0.39, 0.29) is 0 Å². The summed E-state index contributed by atoms with van der Waals surface area (Å²) in [6, 6.07) is 0.385. The minimum Gasteiger partial charge on any atom is -0.340 e. The number of rotatable bonds is 2. The lowest BCUT2D eigenvalue weighted by Crippen LogP contribution is -2.32. The molecule has 3 heteroatoms. The molecule has 64 valence electrons. The Kier molecular flexibility index (Phi) is 3.16. The van der Waals surface area contributed by atoms with Crippen molar-refractivity contribution >= 4 is 28.5 Å². The van der Waals surface area contributed by atoms with E-state index in [1.807, 2.05) is 4.90 Å². The molecule has 1 saturated heterocycles. The summed E-state index contributed by atoms with van der Waals surface area (Å²) in [5.41, 5.74) is 0. The van der Waals surface area contributed by atoms with Gasteiger partial charge in [-0.1, -0.05) is 22.6 Å². The van der Waals surface area contributed by atoms with Crippen molar-refractivity contribution in [2.45, 2.75) is 26.3 Å². The number of hydrogen-bond donors (Lipinski definition) is 0. The molecule has 0 radical (unpaired) electrons. The Labute approximate surface area is 81.5 Å². The smallest absolute Gasteiger partial charge is 0.223 e. The molecule has 1 fully saturated rings. The van der Waals surface area contributed by atoms with Gasteiger partial charge in [-0.25, -0.2) is 0 Å². The SMILES string of the molecule is CC(C)N1CC(CI)CC1=O. The second-order valence-electron chi connectivity index (χ2n) is 3.36. The van der Waals surface area contributed by atoms with Gasteiger partial charge in [-0.2, -0.15) is 0 Å². The van der Waals surface area contributed by atoms with Crippen LogP contribution < -0.4 is 0 Å². The average Bonchev–Trinajstić information content (AvgIpc) is 2.30. The van der Waals surface area contributed by atoms with Crippen molar-refractivity contribution < 1.29 is 4.79 Å². The Morgan fingerprint density at radius 2 is 2.36 bits per heavy atom. The minimum absolute atomic E-state index is 0.335. The van der Waals surface area contributed by atoms with Crippen molar-refractivity contribution in [3.8, 4) is 0 Å². The third-order valence-electron chi connectivity index (χ3n) is 2.08. The Morgan fingerprint density at radius 1 is 1.73 bits per heavy atom. The largest absolute Gasteiger partial charge is 0.340 e. The van der Waals surface area contributed by atoms with E-state index in [1.54, 1.807) is 0 Å². The predicted octanol–water partition coefficient (Wildman–Crippen LogP) is 1.68. The van der Waals surface area contributed by atoms with E-state index in [2.05, 4.69) is 36.4 Å². The molecule has 0 aromatic heterocycles. The number of amides is 1. The first-order valence-electron chi connectivity index (χ1n) is 4.00. The fraction of sp³-hybridized carbons (Fsp3) is 0.875. The van der Waals surface area contributed by atoms with Gasteiger partial charge in [0.25, 0.3) is 0 Å². The monoisotopic (exact) mass is 267 g/mol. The fourth-order valence-corrected chi connectivity index (χ4v) is 2.00. The molecule has 1 rings (SSSR count). The summed E-state index contributed by atoms with van der Waals surface area (Å²) in [7, 11) is 0. The average molecular weight is 267 g/mol. The van der Waals surface area contributed by atoms with Crippen LogP contribution in [0.15, 0.2) is 0 Å². The van der Waals surface area contributed by atoms with E-state index in [4.69, 9.17) is 0 Å². The molecule has 1 heterocycles. The maximum absolute atomic E-state index is 11.3. The molecule has 0 spiro atoms. The molecular formula is C8H14INO. The summed E-state index contributed by atoms with van der Waals surface area (Å²) >= 11 is 2.35. The topological polar surface area (TPSA) is 20.3 Å². The van der Waals surface area contributed by atoms with Gasteiger partial charge in [-0.15, -0.1) is 0 Å². The fourth-order valence-electron chi connectivity index (χ4n) is 1.41. The number of halogens is 1. The minimum atomic E-state index is 0.335. The van der Waals surface area contributed by atoms with Crippen LogP contribution in [0.4, 0.5) is 0 Å². The summed E-state index contributed by atoms with van der Waals surface area (Å²) in [5, 5.41) is 0. The van der Waals surface area contributed by atoms with Crippen molar-refractivity contribution in [2.75, 3.05) is 11.0 Å². The first kappa shape index (κ1) is 9.29. The molecule has 1 unspecified atom stereocenters. The second-order valence-corrected chi connectivity index (χ2v) is 4.25. The molecule has 0 bridgehead atoms. The van der Waals surface area contributed by atoms with Crippen LogP contribution in [0.5, 0.6) is 0 Å². The zero-order valence-corrected chi connectivity index (χ0v) is 9.17. The van der Waals surface area contributed by atoms with Crippen molar-refractivity contribution in [1.82, 2.24) is 4.90 Å². The molecule has 1 aliphatic rings. The molecular weight excluding hydrogens is 253 g/mol. The normalized spacial score (nSPS) is 25.3. The highest BCUT2D eigenvalue weighted by Gasteiger charge is 2.29. The van der Waals surface area contributed by atoms with E-state index < -0.39 is 0 Å². The highest BCUT2D eigenvalue weighted by molar-refractivity contribution is 14.1. The molecule has 1 atom stereocenters.